The van der Waals surface area contributed by atoms with E-state index in [4.69, 9.17) is 4.74 Å². The van der Waals surface area contributed by atoms with Crippen LogP contribution in [-0.2, 0) is 4.74 Å². The molecular weight excluding hydrogens is 316 g/mol. The van der Waals surface area contributed by atoms with Crippen LogP contribution in [0.2, 0.25) is 0 Å². The summed E-state index contributed by atoms with van der Waals surface area (Å²) in [5, 5.41) is 3.87. The van der Waals surface area contributed by atoms with E-state index in [1.165, 1.54) is 25.3 Å². The van der Waals surface area contributed by atoms with Gasteiger partial charge in [-0.3, -0.25) is 9.59 Å². The number of ether oxygens (including phenoxy) is 1. The molecule has 132 valence electrons. The van der Waals surface area contributed by atoms with Crippen molar-refractivity contribution in [2.75, 3.05) is 6.61 Å². The molecule has 2 aromatic rings. The number of amides is 1. The summed E-state index contributed by atoms with van der Waals surface area (Å²) in [6.45, 7) is 2.54. The van der Waals surface area contributed by atoms with E-state index in [0.29, 0.717) is 17.7 Å². The number of pyridine rings is 1. The highest BCUT2D eigenvalue weighted by Gasteiger charge is 2.41. The van der Waals surface area contributed by atoms with Gasteiger partial charge in [-0.05, 0) is 38.3 Å². The van der Waals surface area contributed by atoms with Crippen LogP contribution in [0.15, 0.2) is 29.1 Å². The highest BCUT2D eigenvalue weighted by atomic mass is 16.5. The van der Waals surface area contributed by atoms with E-state index in [2.05, 4.69) is 10.3 Å². The van der Waals surface area contributed by atoms with Crippen LogP contribution in [0.4, 0.5) is 0 Å². The largest absolute Gasteiger partial charge is 0.373 e. The predicted molar refractivity (Wildman–Crippen MR) is 96.9 cm³/mol. The molecule has 1 aromatic carbocycles. The van der Waals surface area contributed by atoms with Crippen LogP contribution in [0.25, 0.3) is 10.9 Å². The molecule has 2 N–H and O–H groups in total. The van der Waals surface area contributed by atoms with Crippen LogP contribution in [0.3, 0.4) is 0 Å². The Kier molecular flexibility index (Phi) is 4.12. The molecule has 0 radical (unpaired) electrons. The van der Waals surface area contributed by atoms with Crippen molar-refractivity contribution in [3.05, 3.63) is 45.7 Å². The third kappa shape index (κ3) is 3.21. The second kappa shape index (κ2) is 6.30. The van der Waals surface area contributed by atoms with Gasteiger partial charge >= 0.3 is 0 Å². The average Bonchev–Trinajstić information content (AvgIpc) is 2.97. The van der Waals surface area contributed by atoms with Gasteiger partial charge in [0, 0.05) is 17.0 Å². The molecule has 1 amide bonds. The molecule has 2 fully saturated rings. The number of H-pyrrole nitrogens is 1. The topological polar surface area (TPSA) is 71.2 Å². The summed E-state index contributed by atoms with van der Waals surface area (Å²) in [6, 6.07) is 7.12. The molecule has 4 rings (SSSR count). The van der Waals surface area contributed by atoms with Gasteiger partial charge in [0.2, 0.25) is 5.56 Å². The molecule has 5 heteroatoms. The van der Waals surface area contributed by atoms with E-state index in [0.717, 1.165) is 30.2 Å². The van der Waals surface area contributed by atoms with Crippen molar-refractivity contribution in [1.82, 2.24) is 10.3 Å². The third-order valence-electron chi connectivity index (χ3n) is 5.55. The molecule has 2 heterocycles. The highest BCUT2D eigenvalue weighted by Crippen LogP contribution is 2.39. The minimum atomic E-state index is -0.257. The molecule has 25 heavy (non-hydrogen) atoms. The fraction of sp³-hybridized carbons (Fsp3) is 0.500. The van der Waals surface area contributed by atoms with E-state index in [-0.39, 0.29) is 23.1 Å². The molecule has 1 aromatic heterocycles. The number of hydrogen-bond donors (Lipinski definition) is 2. The first kappa shape index (κ1) is 16.3. The number of aromatic amines is 1. The molecule has 1 aliphatic carbocycles. The molecule has 1 saturated heterocycles. The number of benzene rings is 1. The maximum absolute atomic E-state index is 12.8. The Hall–Kier alpha value is -2.14. The van der Waals surface area contributed by atoms with Crippen molar-refractivity contribution in [2.24, 2.45) is 0 Å². The maximum Gasteiger partial charge on any atom is 0.252 e. The smallest absolute Gasteiger partial charge is 0.252 e. The minimum Gasteiger partial charge on any atom is -0.373 e. The third-order valence-corrected chi connectivity index (χ3v) is 5.55. The van der Waals surface area contributed by atoms with Gasteiger partial charge in [-0.1, -0.05) is 30.9 Å². The van der Waals surface area contributed by atoms with Gasteiger partial charge in [0.15, 0.2) is 0 Å². The Labute approximate surface area is 146 Å². The summed E-state index contributed by atoms with van der Waals surface area (Å²) in [7, 11) is 0. The number of nitrogens with one attached hydrogen (secondary N) is 2. The van der Waals surface area contributed by atoms with Gasteiger partial charge in [0.1, 0.15) is 0 Å². The molecule has 1 spiro atoms. The fourth-order valence-electron chi connectivity index (χ4n) is 4.30. The number of aromatic nitrogens is 1. The van der Waals surface area contributed by atoms with Gasteiger partial charge in [-0.25, -0.2) is 0 Å². The number of carbonyl (C=O) groups is 1. The van der Waals surface area contributed by atoms with E-state index in [1.807, 2.05) is 25.1 Å². The number of hydrogen-bond acceptors (Lipinski definition) is 3. The normalized spacial score (nSPS) is 22.4. The van der Waals surface area contributed by atoms with Gasteiger partial charge in [0.05, 0.1) is 23.8 Å². The lowest BCUT2D eigenvalue weighted by atomic mass is 9.82. The molecule has 1 atom stereocenters. The van der Waals surface area contributed by atoms with Crippen molar-refractivity contribution in [2.45, 2.75) is 57.1 Å². The van der Waals surface area contributed by atoms with Crippen LogP contribution in [0.5, 0.6) is 0 Å². The molecular formula is C20H24N2O3. The monoisotopic (exact) mass is 340 g/mol. The molecule has 5 nitrogen and oxygen atoms in total. The number of rotatable bonds is 2. The summed E-state index contributed by atoms with van der Waals surface area (Å²) in [5.41, 5.74) is 1.89. The van der Waals surface area contributed by atoms with Crippen LogP contribution < -0.4 is 10.9 Å². The van der Waals surface area contributed by atoms with Crippen LogP contribution in [0, 0.1) is 6.92 Å². The molecule has 1 aliphatic heterocycles. The van der Waals surface area contributed by atoms with Crippen molar-refractivity contribution in [1.29, 1.82) is 0 Å². The van der Waals surface area contributed by atoms with Gasteiger partial charge < -0.3 is 15.0 Å². The summed E-state index contributed by atoms with van der Waals surface area (Å²) in [5.74, 6) is -0.192. The quantitative estimate of drug-likeness (QED) is 0.883. The zero-order chi connectivity index (χ0) is 17.4. The van der Waals surface area contributed by atoms with Crippen LogP contribution in [0.1, 0.15) is 54.4 Å². The first-order valence-electron chi connectivity index (χ1n) is 9.13. The lowest BCUT2D eigenvalue weighted by Gasteiger charge is -2.32. The van der Waals surface area contributed by atoms with E-state index in [9.17, 15) is 9.59 Å². The maximum atomic E-state index is 12.8. The van der Waals surface area contributed by atoms with Crippen molar-refractivity contribution in [3.63, 3.8) is 0 Å². The first-order chi connectivity index (χ1) is 12.0. The Bertz CT molecular complexity index is 865. The standard InChI is InChI=1S/C20H24N2O3/c1-13-5-6-17-15(9-13)16(10-18(23)22-17)19(24)21-14-11-20(25-12-14)7-3-2-4-8-20/h5-6,9-10,14H,2-4,7-8,11-12H2,1H3,(H,21,24)(H,22,23)/t14-/m0/s1. The minimum absolute atomic E-state index is 0.0183. The molecule has 0 bridgehead atoms. The molecule has 1 saturated carbocycles. The SMILES string of the molecule is Cc1ccc2[nH]c(=O)cc(C(=O)N[C@@H]3COC4(CCCCC4)C3)c2c1. The number of fused-ring (bicyclic) bond motifs is 1. The lowest BCUT2D eigenvalue weighted by molar-refractivity contribution is -0.0246. The van der Waals surface area contributed by atoms with Gasteiger partial charge in [0.25, 0.3) is 5.91 Å². The van der Waals surface area contributed by atoms with Crippen molar-refractivity contribution < 1.29 is 9.53 Å². The first-order valence-corrected chi connectivity index (χ1v) is 9.13. The van der Waals surface area contributed by atoms with E-state index >= 15 is 0 Å². The van der Waals surface area contributed by atoms with Gasteiger partial charge in [-0.2, -0.15) is 0 Å². The summed E-state index contributed by atoms with van der Waals surface area (Å²) in [6.07, 6.45) is 6.75. The summed E-state index contributed by atoms with van der Waals surface area (Å²) >= 11 is 0. The van der Waals surface area contributed by atoms with Gasteiger partial charge in [-0.15, -0.1) is 0 Å². The highest BCUT2D eigenvalue weighted by molar-refractivity contribution is 6.06. The second-order valence-electron chi connectivity index (χ2n) is 7.53. The zero-order valence-electron chi connectivity index (χ0n) is 14.6. The van der Waals surface area contributed by atoms with E-state index < -0.39 is 0 Å². The van der Waals surface area contributed by atoms with Crippen LogP contribution >= 0.6 is 0 Å². The Morgan fingerprint density at radius 2 is 2.04 bits per heavy atom. The number of aryl methyl sites for hydroxylation is 1. The molecule has 2 aliphatic rings. The van der Waals surface area contributed by atoms with E-state index in [1.54, 1.807) is 0 Å². The summed E-state index contributed by atoms with van der Waals surface area (Å²) < 4.78 is 6.08. The Morgan fingerprint density at radius 3 is 2.84 bits per heavy atom. The lowest BCUT2D eigenvalue weighted by Crippen LogP contribution is -2.37. The van der Waals surface area contributed by atoms with Crippen molar-refractivity contribution >= 4 is 16.8 Å². The van der Waals surface area contributed by atoms with Crippen molar-refractivity contribution in [3.8, 4) is 0 Å². The fourth-order valence-corrected chi connectivity index (χ4v) is 4.30. The number of carbonyl (C=O) groups excluding carboxylic acids is 1. The zero-order valence-corrected chi connectivity index (χ0v) is 14.6. The average molecular weight is 340 g/mol. The molecule has 0 unspecified atom stereocenters. The second-order valence-corrected chi connectivity index (χ2v) is 7.53. The Morgan fingerprint density at radius 1 is 1.24 bits per heavy atom. The summed E-state index contributed by atoms with van der Waals surface area (Å²) in [4.78, 5) is 27.5. The predicted octanol–water partition coefficient (Wildman–Crippen LogP) is 3.06. The van der Waals surface area contributed by atoms with Crippen LogP contribution in [-0.4, -0.2) is 29.1 Å². The Balaban J connectivity index is 1.57.